The highest BCUT2D eigenvalue weighted by atomic mass is 15.2. The number of nitriles is 1. The molecule has 446 valence electrons. The first-order chi connectivity index (χ1) is 47.5. The van der Waals surface area contributed by atoms with Crippen molar-refractivity contribution in [2.45, 2.75) is 0 Å². The Labute approximate surface area is 557 Å². The first-order valence-corrected chi connectivity index (χ1v) is 32.5. The monoisotopic (exact) mass is 1220 g/mol. The Hall–Kier alpha value is -13.0. The third-order valence-corrected chi connectivity index (χ3v) is 19.1. The second-order valence-electron chi connectivity index (χ2n) is 24.6. The summed E-state index contributed by atoms with van der Waals surface area (Å²) in [6.07, 6.45) is 0. The van der Waals surface area contributed by atoms with Crippen LogP contribution in [-0.2, 0) is 0 Å². The van der Waals surface area contributed by atoms with Crippen molar-refractivity contribution in [3.05, 3.63) is 345 Å². The van der Waals surface area contributed by atoms with E-state index < -0.39 is 0 Å². The molecule has 0 amide bonds. The Morgan fingerprint density at radius 2 is 0.656 bits per heavy atom. The molecule has 7 nitrogen and oxygen atoms in total. The average molecular weight is 1220 g/mol. The van der Waals surface area contributed by atoms with Crippen LogP contribution < -0.4 is 26.2 Å². The summed E-state index contributed by atoms with van der Waals surface area (Å²) in [4.78, 5) is 20.5. The standard InChI is InChI=1S/C88H56BN7/c90-57-58-35-47-74(88-92-86(65-29-15-5-16-30-65)91-87(93-88)66-31-17-6-18-32-66)82(51-58)96-78-34-20-19-33-73(78)75-52-67(40-48-79(75)96)70-55-83-85-84(56-70)95(72-45-38-64(39-46-72)60-23-9-2-10-24-60)81-50-42-69(62-27-13-4-14-28-62)54-77(81)89(85)76-53-68(61-25-11-3-12-26-61)41-49-80(76)94(83)71-43-36-63(37-44-71)59-21-7-1-8-22-59/h1-56H. The predicted octanol–water partition coefficient (Wildman–Crippen LogP) is 20.3. The smallest absolute Gasteiger partial charge is 0.252 e. The normalized spacial score (nSPS) is 12.1. The van der Waals surface area contributed by atoms with Crippen LogP contribution in [0.25, 0.3) is 117 Å². The average Bonchev–Trinajstić information content (AvgIpc) is 0.794. The van der Waals surface area contributed by atoms with Gasteiger partial charge in [0.2, 0.25) is 0 Å². The molecule has 0 N–H and O–H groups in total. The summed E-state index contributed by atoms with van der Waals surface area (Å²) in [7, 11) is 0. The van der Waals surface area contributed by atoms with E-state index in [0.29, 0.717) is 23.0 Å². The number of hydrogen-bond donors (Lipinski definition) is 0. The van der Waals surface area contributed by atoms with E-state index >= 15 is 0 Å². The quantitative estimate of drug-likeness (QED) is 0.120. The van der Waals surface area contributed by atoms with Gasteiger partial charge in [0.1, 0.15) is 0 Å². The molecule has 2 aromatic heterocycles. The van der Waals surface area contributed by atoms with Crippen LogP contribution in [0.15, 0.2) is 340 Å². The van der Waals surface area contributed by atoms with Crippen molar-refractivity contribution >= 4 is 79.0 Å². The van der Waals surface area contributed by atoms with Crippen molar-refractivity contribution in [2.75, 3.05) is 9.80 Å². The number of hydrogen-bond acceptors (Lipinski definition) is 6. The van der Waals surface area contributed by atoms with E-state index in [1.807, 2.05) is 78.9 Å². The Balaban J connectivity index is 0.883. The third-order valence-electron chi connectivity index (χ3n) is 19.1. The zero-order valence-electron chi connectivity index (χ0n) is 52.0. The molecule has 0 aliphatic carbocycles. The van der Waals surface area contributed by atoms with E-state index in [-0.39, 0.29) is 6.71 Å². The van der Waals surface area contributed by atoms with Gasteiger partial charge in [-0.2, -0.15) is 5.26 Å². The Bertz CT molecular complexity index is 5440. The van der Waals surface area contributed by atoms with Gasteiger partial charge in [-0.1, -0.05) is 255 Å². The van der Waals surface area contributed by atoms with Crippen molar-refractivity contribution in [1.29, 1.82) is 5.26 Å². The molecule has 0 spiro atoms. The maximum atomic E-state index is 10.7. The summed E-state index contributed by atoms with van der Waals surface area (Å²) in [5.74, 6) is 1.62. The van der Waals surface area contributed by atoms with Gasteiger partial charge in [0.25, 0.3) is 6.71 Å². The van der Waals surface area contributed by atoms with Gasteiger partial charge < -0.3 is 14.4 Å². The molecule has 16 aromatic rings. The SMILES string of the molecule is N#Cc1ccc(-c2nc(-c3ccccc3)nc(-c3ccccc3)n2)c(-n2c3ccccc3c3cc(-c4cc5c6c(c4)N(c4ccc(-c7ccccc7)cc4)c4ccc(-c7ccccc7)cc4B6c4cc(-c6ccccc6)ccc4N5c4ccc(-c5ccccc5)cc4)ccc32)c1. The van der Waals surface area contributed by atoms with Gasteiger partial charge in [-0.05, 0) is 157 Å². The van der Waals surface area contributed by atoms with Crippen molar-refractivity contribution in [2.24, 2.45) is 0 Å². The van der Waals surface area contributed by atoms with E-state index in [2.05, 4.69) is 281 Å². The molecule has 0 saturated heterocycles. The van der Waals surface area contributed by atoms with Gasteiger partial charge in [-0.15, -0.1) is 0 Å². The Morgan fingerprint density at radius 3 is 1.14 bits per heavy atom. The van der Waals surface area contributed by atoms with Crippen LogP contribution in [0.4, 0.5) is 34.1 Å². The molecule has 8 heteroatoms. The van der Waals surface area contributed by atoms with Crippen LogP contribution in [0, 0.1) is 11.3 Å². The highest BCUT2D eigenvalue weighted by Gasteiger charge is 2.44. The van der Waals surface area contributed by atoms with Crippen LogP contribution in [0.3, 0.4) is 0 Å². The van der Waals surface area contributed by atoms with Crippen molar-refractivity contribution in [3.63, 3.8) is 0 Å². The number of para-hydroxylation sites is 1. The minimum absolute atomic E-state index is 0.170. The summed E-state index contributed by atoms with van der Waals surface area (Å²) in [6, 6.07) is 124. The van der Waals surface area contributed by atoms with E-state index in [1.54, 1.807) is 0 Å². The number of aromatic nitrogens is 4. The molecule has 2 aliphatic heterocycles. The molecule has 96 heavy (non-hydrogen) atoms. The third kappa shape index (κ3) is 9.64. The molecule has 0 bridgehead atoms. The number of benzene rings is 14. The second-order valence-corrected chi connectivity index (χ2v) is 24.6. The first kappa shape index (κ1) is 55.9. The van der Waals surface area contributed by atoms with Gasteiger partial charge in [-0.3, -0.25) is 0 Å². The van der Waals surface area contributed by atoms with E-state index in [4.69, 9.17) is 15.0 Å². The largest absolute Gasteiger partial charge is 0.311 e. The minimum Gasteiger partial charge on any atom is -0.311 e. The van der Waals surface area contributed by atoms with Gasteiger partial charge in [-0.25, -0.2) is 15.0 Å². The molecule has 0 unspecified atom stereocenters. The molecule has 4 heterocycles. The number of rotatable bonds is 11. The lowest BCUT2D eigenvalue weighted by atomic mass is 9.33. The van der Waals surface area contributed by atoms with E-state index in [0.717, 1.165) is 112 Å². The topological polar surface area (TPSA) is 73.9 Å². The Kier molecular flexibility index (Phi) is 13.6. The Morgan fingerprint density at radius 1 is 0.271 bits per heavy atom. The summed E-state index contributed by atoms with van der Waals surface area (Å²) in [5, 5.41) is 12.8. The zero-order valence-corrected chi connectivity index (χ0v) is 52.0. The fraction of sp³-hybridized carbons (Fsp3) is 0. The summed E-state index contributed by atoms with van der Waals surface area (Å²) < 4.78 is 2.28. The number of nitrogens with zero attached hydrogens (tertiary/aromatic N) is 7. The van der Waals surface area contributed by atoms with Crippen LogP contribution in [0.1, 0.15) is 5.56 Å². The summed E-state index contributed by atoms with van der Waals surface area (Å²) in [6.45, 7) is -0.170. The lowest BCUT2D eigenvalue weighted by Gasteiger charge is -2.44. The maximum Gasteiger partial charge on any atom is 0.252 e. The predicted molar refractivity (Wildman–Crippen MR) is 396 cm³/mol. The highest BCUT2D eigenvalue weighted by molar-refractivity contribution is 7.00. The molecule has 0 fully saturated rings. The molecule has 0 radical (unpaired) electrons. The molecule has 2 aliphatic rings. The van der Waals surface area contributed by atoms with Gasteiger partial charge in [0.15, 0.2) is 17.5 Å². The minimum atomic E-state index is -0.170. The van der Waals surface area contributed by atoms with Gasteiger partial charge in [0, 0.05) is 61.6 Å². The fourth-order valence-electron chi connectivity index (χ4n) is 14.5. The molecule has 0 atom stereocenters. The second kappa shape index (κ2) is 23.3. The van der Waals surface area contributed by atoms with Crippen LogP contribution in [-0.4, -0.2) is 26.2 Å². The number of anilines is 6. The van der Waals surface area contributed by atoms with E-state index in [1.165, 1.54) is 38.6 Å². The molecular formula is C88H56BN7. The van der Waals surface area contributed by atoms with Crippen LogP contribution in [0.2, 0.25) is 0 Å². The highest BCUT2D eigenvalue weighted by Crippen LogP contribution is 2.49. The molecular weight excluding hydrogens is 1170 g/mol. The van der Waals surface area contributed by atoms with Crippen molar-refractivity contribution in [1.82, 2.24) is 19.5 Å². The summed E-state index contributed by atoms with van der Waals surface area (Å²) >= 11 is 0. The van der Waals surface area contributed by atoms with Crippen LogP contribution in [0.5, 0.6) is 0 Å². The van der Waals surface area contributed by atoms with Gasteiger partial charge in [0.05, 0.1) is 28.4 Å². The number of fused-ring (bicyclic) bond motifs is 7. The molecule has 0 saturated carbocycles. The summed E-state index contributed by atoms with van der Waals surface area (Å²) in [5.41, 5.74) is 27.4. The van der Waals surface area contributed by atoms with E-state index in [9.17, 15) is 5.26 Å². The van der Waals surface area contributed by atoms with Gasteiger partial charge >= 0.3 is 0 Å². The molecule has 14 aromatic carbocycles. The zero-order chi connectivity index (χ0) is 63.6. The van der Waals surface area contributed by atoms with Crippen molar-refractivity contribution in [3.8, 4) is 102 Å². The first-order valence-electron chi connectivity index (χ1n) is 32.5. The lowest BCUT2D eigenvalue weighted by Crippen LogP contribution is -2.61. The maximum absolute atomic E-state index is 10.7. The lowest BCUT2D eigenvalue weighted by molar-refractivity contribution is 1.06. The fourth-order valence-corrected chi connectivity index (χ4v) is 14.5. The van der Waals surface area contributed by atoms with Crippen LogP contribution >= 0.6 is 0 Å². The molecule has 18 rings (SSSR count). The van der Waals surface area contributed by atoms with Crippen molar-refractivity contribution < 1.29 is 0 Å².